The molecule has 2 nitrogen and oxygen atoms in total. The molecule has 0 aromatic heterocycles. The van der Waals surface area contributed by atoms with Gasteiger partial charge in [0.25, 0.3) is 0 Å². The van der Waals surface area contributed by atoms with E-state index < -0.39 is 0 Å². The molecule has 0 aliphatic carbocycles. The van der Waals surface area contributed by atoms with Gasteiger partial charge in [0.1, 0.15) is 6.17 Å². The van der Waals surface area contributed by atoms with Crippen molar-refractivity contribution in [3.05, 3.63) is 48.3 Å². The quantitative estimate of drug-likeness (QED) is 0.111. The molecule has 1 aromatic rings. The summed E-state index contributed by atoms with van der Waals surface area (Å²) < 4.78 is 0. The molecular weight excluding hydrogens is 460 g/mol. The van der Waals surface area contributed by atoms with Gasteiger partial charge in [0.15, 0.2) is 0 Å². The van der Waals surface area contributed by atoms with Crippen molar-refractivity contribution in [2.24, 2.45) is 0 Å². The zero-order valence-electron chi connectivity index (χ0n) is 25.7. The van der Waals surface area contributed by atoms with Crippen LogP contribution in [-0.2, 0) is 6.42 Å². The van der Waals surface area contributed by atoms with Crippen molar-refractivity contribution in [3.63, 3.8) is 0 Å². The largest absolute Gasteiger partial charge is 0.356 e. The second-order valence-corrected chi connectivity index (χ2v) is 12.0. The average molecular weight is 525 g/mol. The lowest BCUT2D eigenvalue weighted by molar-refractivity contribution is 0.148. The normalized spacial score (nSPS) is 15.2. The minimum atomic E-state index is 0.504. The minimum Gasteiger partial charge on any atom is -0.356 e. The van der Waals surface area contributed by atoms with E-state index in [1.165, 1.54) is 160 Å². The van der Waals surface area contributed by atoms with Crippen LogP contribution in [0.4, 0.5) is 0 Å². The second-order valence-electron chi connectivity index (χ2n) is 12.0. The molecular formula is C36H64N2. The predicted molar refractivity (Wildman–Crippen MR) is 169 cm³/mol. The topological polar surface area (TPSA) is 6.48 Å². The Morgan fingerprint density at radius 2 is 0.789 bits per heavy atom. The van der Waals surface area contributed by atoms with Gasteiger partial charge in [-0.25, -0.2) is 0 Å². The highest BCUT2D eigenvalue weighted by Gasteiger charge is 2.25. The molecule has 0 spiro atoms. The van der Waals surface area contributed by atoms with Gasteiger partial charge >= 0.3 is 0 Å². The van der Waals surface area contributed by atoms with Gasteiger partial charge in [-0.1, -0.05) is 173 Å². The van der Waals surface area contributed by atoms with Gasteiger partial charge < -0.3 is 9.80 Å². The van der Waals surface area contributed by atoms with Gasteiger partial charge in [0.05, 0.1) is 0 Å². The molecule has 1 aliphatic heterocycles. The molecule has 0 radical (unpaired) electrons. The van der Waals surface area contributed by atoms with Crippen molar-refractivity contribution in [1.82, 2.24) is 9.80 Å². The summed E-state index contributed by atoms with van der Waals surface area (Å²) in [5.74, 6) is 0. The molecule has 1 atom stereocenters. The number of hydrogen-bond donors (Lipinski definition) is 0. The van der Waals surface area contributed by atoms with E-state index in [2.05, 4.69) is 66.4 Å². The molecule has 1 unspecified atom stereocenters. The summed E-state index contributed by atoms with van der Waals surface area (Å²) in [5, 5.41) is 0. The first kappa shape index (κ1) is 32.8. The van der Waals surface area contributed by atoms with E-state index in [-0.39, 0.29) is 0 Å². The molecule has 1 aromatic carbocycles. The molecule has 0 saturated carbocycles. The van der Waals surface area contributed by atoms with Crippen LogP contribution in [0, 0.1) is 0 Å². The summed E-state index contributed by atoms with van der Waals surface area (Å²) in [4.78, 5) is 5.26. The zero-order chi connectivity index (χ0) is 26.9. The van der Waals surface area contributed by atoms with Crippen molar-refractivity contribution >= 4 is 0 Å². The first-order chi connectivity index (χ1) is 18.8. The summed E-state index contributed by atoms with van der Waals surface area (Å²) in [7, 11) is 0. The Labute approximate surface area is 238 Å². The molecule has 2 heteroatoms. The third kappa shape index (κ3) is 15.8. The van der Waals surface area contributed by atoms with Crippen LogP contribution in [0.25, 0.3) is 0 Å². The van der Waals surface area contributed by atoms with Crippen molar-refractivity contribution in [2.45, 2.75) is 168 Å². The van der Waals surface area contributed by atoms with Crippen molar-refractivity contribution in [3.8, 4) is 0 Å². The van der Waals surface area contributed by atoms with Gasteiger partial charge in [-0.15, -0.1) is 0 Å². The molecule has 0 bridgehead atoms. The van der Waals surface area contributed by atoms with Gasteiger partial charge in [0, 0.05) is 31.9 Å². The molecule has 38 heavy (non-hydrogen) atoms. The predicted octanol–water partition coefficient (Wildman–Crippen LogP) is 11.3. The fraction of sp³-hybridized carbons (Fsp3) is 0.778. The average Bonchev–Trinajstić information content (AvgIpc) is 3.31. The maximum atomic E-state index is 2.64. The first-order valence-electron chi connectivity index (χ1n) is 17.1. The molecule has 1 aliphatic rings. The number of nitrogens with zero attached hydrogens (tertiary/aromatic N) is 2. The van der Waals surface area contributed by atoms with Gasteiger partial charge in [0.2, 0.25) is 0 Å². The van der Waals surface area contributed by atoms with Crippen molar-refractivity contribution in [2.75, 3.05) is 13.1 Å². The number of rotatable bonds is 26. The Bertz CT molecular complexity index is 655. The van der Waals surface area contributed by atoms with Crippen LogP contribution < -0.4 is 0 Å². The second kappa shape index (κ2) is 23.4. The molecule has 0 N–H and O–H groups in total. The Balaban J connectivity index is 1.55. The van der Waals surface area contributed by atoms with Gasteiger partial charge in [-0.05, 0) is 18.4 Å². The summed E-state index contributed by atoms with van der Waals surface area (Å²) in [5.41, 5.74) is 1.47. The Hall–Kier alpha value is -1.44. The smallest absolute Gasteiger partial charge is 0.105 e. The van der Waals surface area contributed by atoms with Crippen LogP contribution in [0.2, 0.25) is 0 Å². The zero-order valence-corrected chi connectivity index (χ0v) is 25.7. The lowest BCUT2D eigenvalue weighted by Gasteiger charge is -2.33. The fourth-order valence-corrected chi connectivity index (χ4v) is 5.98. The number of benzene rings is 1. The molecule has 1 heterocycles. The number of hydrogen-bond acceptors (Lipinski definition) is 2. The minimum absolute atomic E-state index is 0.504. The van der Waals surface area contributed by atoms with Crippen LogP contribution in [0.1, 0.15) is 161 Å². The first-order valence-corrected chi connectivity index (χ1v) is 17.1. The highest BCUT2D eigenvalue weighted by Crippen LogP contribution is 2.22. The van der Waals surface area contributed by atoms with Crippen LogP contribution in [-0.4, -0.2) is 29.1 Å². The third-order valence-corrected chi connectivity index (χ3v) is 8.52. The summed E-state index contributed by atoms with van der Waals surface area (Å²) >= 11 is 0. The van der Waals surface area contributed by atoms with E-state index in [1.54, 1.807) is 0 Å². The standard InChI is InChI=1S/C36H64N2/c1-3-5-7-9-11-12-13-14-15-16-17-18-20-22-27-31-38-33-32-37(30-26-21-19-10-8-6-4-2)36(38)34-35-28-24-23-25-29-35/h23-25,28-29,32-33,36H,3-22,26-27,30-31,34H2,1-2H3. The van der Waals surface area contributed by atoms with E-state index >= 15 is 0 Å². The van der Waals surface area contributed by atoms with Crippen molar-refractivity contribution < 1.29 is 0 Å². The molecule has 218 valence electrons. The van der Waals surface area contributed by atoms with Crippen LogP contribution in [0.5, 0.6) is 0 Å². The molecule has 0 fully saturated rings. The lowest BCUT2D eigenvalue weighted by atomic mass is 10.0. The highest BCUT2D eigenvalue weighted by molar-refractivity contribution is 5.17. The third-order valence-electron chi connectivity index (χ3n) is 8.52. The maximum Gasteiger partial charge on any atom is 0.105 e. The summed E-state index contributed by atoms with van der Waals surface area (Å²) in [6, 6.07) is 11.1. The maximum absolute atomic E-state index is 2.64. The highest BCUT2D eigenvalue weighted by atomic mass is 15.4. The van der Waals surface area contributed by atoms with E-state index in [9.17, 15) is 0 Å². The van der Waals surface area contributed by atoms with E-state index in [4.69, 9.17) is 0 Å². The Kier molecular flexibility index (Phi) is 20.2. The van der Waals surface area contributed by atoms with Gasteiger partial charge in [-0.3, -0.25) is 0 Å². The fourth-order valence-electron chi connectivity index (χ4n) is 5.98. The molecule has 2 rings (SSSR count). The van der Waals surface area contributed by atoms with Crippen LogP contribution in [0.15, 0.2) is 42.7 Å². The summed E-state index contributed by atoms with van der Waals surface area (Å²) in [6.07, 6.45) is 37.6. The monoisotopic (exact) mass is 525 g/mol. The summed E-state index contributed by atoms with van der Waals surface area (Å²) in [6.45, 7) is 7.02. The Morgan fingerprint density at radius 1 is 0.447 bits per heavy atom. The SMILES string of the molecule is CCCCCCCCCCCCCCCCCN1C=CN(CCCCCCCCC)C1Cc1ccccc1. The number of unbranched alkanes of at least 4 members (excludes halogenated alkanes) is 20. The van der Waals surface area contributed by atoms with E-state index in [0.29, 0.717) is 6.17 Å². The van der Waals surface area contributed by atoms with Crippen LogP contribution >= 0.6 is 0 Å². The molecule has 0 saturated heterocycles. The Morgan fingerprint density at radius 3 is 1.16 bits per heavy atom. The van der Waals surface area contributed by atoms with E-state index in [0.717, 1.165) is 6.42 Å². The lowest BCUT2D eigenvalue weighted by Crippen LogP contribution is -2.41. The van der Waals surface area contributed by atoms with Crippen LogP contribution in [0.3, 0.4) is 0 Å². The van der Waals surface area contributed by atoms with Crippen molar-refractivity contribution in [1.29, 1.82) is 0 Å². The van der Waals surface area contributed by atoms with E-state index in [1.807, 2.05) is 0 Å². The van der Waals surface area contributed by atoms with Gasteiger partial charge in [-0.2, -0.15) is 0 Å². The molecule has 0 amide bonds.